The summed E-state index contributed by atoms with van der Waals surface area (Å²) in [6.45, 7) is 5.40. The van der Waals surface area contributed by atoms with Gasteiger partial charge in [0.05, 0.1) is 24.7 Å². The van der Waals surface area contributed by atoms with Crippen molar-refractivity contribution in [1.29, 1.82) is 0 Å². The Balaban J connectivity index is 1.52. The first-order valence-corrected chi connectivity index (χ1v) is 11.2. The van der Waals surface area contributed by atoms with Gasteiger partial charge in [0, 0.05) is 5.02 Å². The van der Waals surface area contributed by atoms with E-state index in [0.717, 1.165) is 38.8 Å². The number of imidazole rings is 1. The van der Waals surface area contributed by atoms with Crippen LogP contribution in [0.4, 0.5) is 0 Å². The van der Waals surface area contributed by atoms with Crippen molar-refractivity contribution in [2.45, 2.75) is 27.0 Å². The van der Waals surface area contributed by atoms with Crippen molar-refractivity contribution < 1.29 is 14.2 Å². The number of para-hydroxylation sites is 2. The van der Waals surface area contributed by atoms with Gasteiger partial charge in [0.15, 0.2) is 11.5 Å². The van der Waals surface area contributed by atoms with Crippen molar-refractivity contribution in [3.05, 3.63) is 88.7 Å². The molecule has 0 N–H and O–H groups in total. The van der Waals surface area contributed by atoms with Gasteiger partial charge in [-0.3, -0.25) is 0 Å². The Morgan fingerprint density at radius 2 is 1.85 bits per heavy atom. The standard InChI is InChI=1S/C27H27ClN2O3/c1-4-7-20-10-13-25(26(17-20)31-3)33-18-27-29-23-8-5-6-9-24(23)30(27)14-15-32-21-11-12-22(28)19(2)16-21/h4-13,16-17H,14-15,18H2,1-3H3/b7-4-. The van der Waals surface area contributed by atoms with E-state index in [9.17, 15) is 0 Å². The van der Waals surface area contributed by atoms with Gasteiger partial charge in [-0.25, -0.2) is 4.98 Å². The van der Waals surface area contributed by atoms with Crippen molar-refractivity contribution in [1.82, 2.24) is 9.55 Å². The zero-order valence-corrected chi connectivity index (χ0v) is 19.8. The first kappa shape index (κ1) is 22.7. The highest BCUT2D eigenvalue weighted by molar-refractivity contribution is 6.31. The molecular weight excluding hydrogens is 436 g/mol. The van der Waals surface area contributed by atoms with E-state index in [1.165, 1.54) is 0 Å². The van der Waals surface area contributed by atoms with Crippen LogP contribution in [0.2, 0.25) is 5.02 Å². The number of ether oxygens (including phenoxy) is 3. The van der Waals surface area contributed by atoms with E-state index in [0.29, 0.717) is 31.3 Å². The summed E-state index contributed by atoms with van der Waals surface area (Å²) in [4.78, 5) is 4.79. The fraction of sp³-hybridized carbons (Fsp3) is 0.222. The minimum Gasteiger partial charge on any atom is -0.493 e. The summed E-state index contributed by atoms with van der Waals surface area (Å²) in [7, 11) is 1.65. The summed E-state index contributed by atoms with van der Waals surface area (Å²) in [5.74, 6) is 2.99. The fourth-order valence-electron chi connectivity index (χ4n) is 3.69. The Morgan fingerprint density at radius 1 is 1.00 bits per heavy atom. The molecule has 4 rings (SSSR count). The van der Waals surface area contributed by atoms with E-state index in [2.05, 4.69) is 10.6 Å². The molecule has 33 heavy (non-hydrogen) atoms. The predicted molar refractivity (Wildman–Crippen MR) is 133 cm³/mol. The van der Waals surface area contributed by atoms with Crippen LogP contribution in [0.5, 0.6) is 17.2 Å². The molecule has 0 fully saturated rings. The van der Waals surface area contributed by atoms with E-state index in [-0.39, 0.29) is 0 Å². The molecule has 0 saturated carbocycles. The zero-order chi connectivity index (χ0) is 23.2. The van der Waals surface area contributed by atoms with Crippen LogP contribution in [-0.2, 0) is 13.2 Å². The number of benzene rings is 3. The Kier molecular flexibility index (Phi) is 7.20. The predicted octanol–water partition coefficient (Wildman–Crippen LogP) is 6.70. The maximum atomic E-state index is 6.12. The van der Waals surface area contributed by atoms with Crippen LogP contribution in [-0.4, -0.2) is 23.3 Å². The van der Waals surface area contributed by atoms with Gasteiger partial charge in [0.2, 0.25) is 0 Å². The quantitative estimate of drug-likeness (QED) is 0.277. The summed E-state index contributed by atoms with van der Waals surface area (Å²) < 4.78 is 19.8. The largest absolute Gasteiger partial charge is 0.493 e. The van der Waals surface area contributed by atoms with Crippen LogP contribution in [0, 0.1) is 6.92 Å². The molecule has 3 aromatic carbocycles. The normalized spacial score (nSPS) is 11.3. The Labute approximate surface area is 199 Å². The summed E-state index contributed by atoms with van der Waals surface area (Å²) in [5.41, 5.74) is 4.02. The third-order valence-corrected chi connectivity index (χ3v) is 5.77. The maximum Gasteiger partial charge on any atom is 0.161 e. The van der Waals surface area contributed by atoms with Crippen LogP contribution < -0.4 is 14.2 Å². The number of rotatable bonds is 9. The van der Waals surface area contributed by atoms with Crippen LogP contribution in [0.3, 0.4) is 0 Å². The van der Waals surface area contributed by atoms with E-state index in [1.54, 1.807) is 7.11 Å². The number of halogens is 1. The summed E-state index contributed by atoms with van der Waals surface area (Å²) in [6, 6.07) is 19.6. The minimum atomic E-state index is 0.314. The highest BCUT2D eigenvalue weighted by Gasteiger charge is 2.13. The smallest absolute Gasteiger partial charge is 0.161 e. The van der Waals surface area contributed by atoms with Gasteiger partial charge < -0.3 is 18.8 Å². The number of nitrogens with zero attached hydrogens (tertiary/aromatic N) is 2. The van der Waals surface area contributed by atoms with Gasteiger partial charge in [0.25, 0.3) is 0 Å². The minimum absolute atomic E-state index is 0.314. The molecule has 0 amide bonds. The molecule has 0 aliphatic carbocycles. The topological polar surface area (TPSA) is 45.5 Å². The second-order valence-corrected chi connectivity index (χ2v) is 8.03. The lowest BCUT2D eigenvalue weighted by Gasteiger charge is -2.14. The molecular formula is C27H27ClN2O3. The highest BCUT2D eigenvalue weighted by Crippen LogP contribution is 2.30. The van der Waals surface area contributed by atoms with Gasteiger partial charge in [0.1, 0.15) is 24.8 Å². The first-order valence-electron chi connectivity index (χ1n) is 10.9. The molecule has 0 bridgehead atoms. The van der Waals surface area contributed by atoms with Gasteiger partial charge in [-0.15, -0.1) is 0 Å². The number of methoxy groups -OCH3 is 1. The number of hydrogen-bond acceptors (Lipinski definition) is 4. The second-order valence-electron chi connectivity index (χ2n) is 7.63. The van der Waals surface area contributed by atoms with Crippen molar-refractivity contribution in [2.24, 2.45) is 0 Å². The number of allylic oxidation sites excluding steroid dienone is 1. The average molecular weight is 463 g/mol. The molecule has 4 aromatic rings. The molecule has 1 aromatic heterocycles. The van der Waals surface area contributed by atoms with Gasteiger partial charge in [-0.2, -0.15) is 0 Å². The molecule has 170 valence electrons. The van der Waals surface area contributed by atoms with E-state index < -0.39 is 0 Å². The third kappa shape index (κ3) is 5.32. The van der Waals surface area contributed by atoms with Crippen molar-refractivity contribution in [3.8, 4) is 17.2 Å². The number of hydrogen-bond donors (Lipinski definition) is 0. The monoisotopic (exact) mass is 462 g/mol. The van der Waals surface area contributed by atoms with Crippen molar-refractivity contribution >= 4 is 28.7 Å². The van der Waals surface area contributed by atoms with E-state index in [4.69, 9.17) is 30.8 Å². The molecule has 0 radical (unpaired) electrons. The number of fused-ring (bicyclic) bond motifs is 1. The summed E-state index contributed by atoms with van der Waals surface area (Å²) in [5, 5.41) is 0.733. The van der Waals surface area contributed by atoms with Crippen LogP contribution in [0.25, 0.3) is 17.1 Å². The first-order chi connectivity index (χ1) is 16.1. The number of aryl methyl sites for hydroxylation is 1. The molecule has 0 saturated heterocycles. The molecule has 1 heterocycles. The average Bonchev–Trinajstić information content (AvgIpc) is 3.18. The van der Waals surface area contributed by atoms with Gasteiger partial charge >= 0.3 is 0 Å². The summed E-state index contributed by atoms with van der Waals surface area (Å²) >= 11 is 6.12. The zero-order valence-electron chi connectivity index (χ0n) is 19.0. The molecule has 0 aliphatic heterocycles. The Hall–Kier alpha value is -3.44. The molecule has 0 aliphatic rings. The molecule has 0 atom stereocenters. The Morgan fingerprint density at radius 3 is 2.64 bits per heavy atom. The lowest BCUT2D eigenvalue weighted by molar-refractivity contribution is 0.261. The molecule has 5 nitrogen and oxygen atoms in total. The van der Waals surface area contributed by atoms with E-state index in [1.807, 2.05) is 80.6 Å². The van der Waals surface area contributed by atoms with E-state index >= 15 is 0 Å². The van der Waals surface area contributed by atoms with Crippen LogP contribution >= 0.6 is 11.6 Å². The molecule has 0 unspecified atom stereocenters. The van der Waals surface area contributed by atoms with Crippen molar-refractivity contribution in [3.63, 3.8) is 0 Å². The van der Waals surface area contributed by atoms with Gasteiger partial charge in [-0.1, -0.05) is 42.0 Å². The molecule has 0 spiro atoms. The Bertz CT molecular complexity index is 1280. The second kappa shape index (κ2) is 10.5. The highest BCUT2D eigenvalue weighted by atomic mass is 35.5. The lowest BCUT2D eigenvalue weighted by atomic mass is 10.2. The van der Waals surface area contributed by atoms with Crippen LogP contribution in [0.15, 0.2) is 66.7 Å². The van der Waals surface area contributed by atoms with Crippen molar-refractivity contribution in [2.75, 3.05) is 13.7 Å². The fourth-order valence-corrected chi connectivity index (χ4v) is 3.81. The lowest BCUT2D eigenvalue weighted by Crippen LogP contribution is -2.13. The third-order valence-electron chi connectivity index (χ3n) is 5.35. The van der Waals surface area contributed by atoms with Gasteiger partial charge in [-0.05, 0) is 67.4 Å². The SMILES string of the molecule is C/C=C\c1ccc(OCc2nc3ccccc3n2CCOc2ccc(Cl)c(C)c2)c(OC)c1. The number of aromatic nitrogens is 2. The summed E-state index contributed by atoms with van der Waals surface area (Å²) in [6.07, 6.45) is 4.01. The maximum absolute atomic E-state index is 6.12. The van der Waals surface area contributed by atoms with Crippen LogP contribution in [0.1, 0.15) is 23.9 Å². The molecule has 6 heteroatoms.